The van der Waals surface area contributed by atoms with Crippen molar-refractivity contribution >= 4 is 5.69 Å². The van der Waals surface area contributed by atoms with Crippen LogP contribution in [0.1, 0.15) is 24.8 Å². The maximum atomic E-state index is 13.7. The minimum Gasteiger partial charge on any atom is -0.374 e. The van der Waals surface area contributed by atoms with Crippen molar-refractivity contribution in [1.29, 1.82) is 0 Å². The fourth-order valence-corrected chi connectivity index (χ4v) is 3.58. The molecule has 6 heteroatoms. The summed E-state index contributed by atoms with van der Waals surface area (Å²) in [4.78, 5) is 9.92. The van der Waals surface area contributed by atoms with Crippen LogP contribution in [0.4, 0.5) is 10.1 Å². The number of halogens is 1. The average Bonchev–Trinajstić information content (AvgIpc) is 2.99. The van der Waals surface area contributed by atoms with E-state index in [0.29, 0.717) is 13.0 Å². The van der Waals surface area contributed by atoms with Gasteiger partial charge < -0.3 is 10.5 Å². The summed E-state index contributed by atoms with van der Waals surface area (Å²) in [6, 6.07) is 4.09. The van der Waals surface area contributed by atoms with Crippen LogP contribution in [0.15, 0.2) is 18.2 Å². The molecule has 3 atom stereocenters. The summed E-state index contributed by atoms with van der Waals surface area (Å²) >= 11 is 0. The maximum Gasteiger partial charge on any atom is 0.304 e. The van der Waals surface area contributed by atoms with Crippen molar-refractivity contribution in [3.63, 3.8) is 0 Å². The van der Waals surface area contributed by atoms with E-state index in [4.69, 9.17) is 10.5 Å². The van der Waals surface area contributed by atoms with Crippen molar-refractivity contribution in [3.8, 4) is 0 Å². The number of benzene rings is 1. The number of hydrogen-bond acceptors (Lipinski definition) is 4. The molecule has 1 aromatic rings. The van der Waals surface area contributed by atoms with Crippen LogP contribution in [0.3, 0.4) is 0 Å². The van der Waals surface area contributed by atoms with Crippen LogP contribution in [0.5, 0.6) is 0 Å². The Hall–Kier alpha value is -1.53. The normalized spacial score (nSPS) is 31.7. The minimum absolute atomic E-state index is 0.135. The zero-order chi connectivity index (χ0) is 14.3. The van der Waals surface area contributed by atoms with E-state index in [9.17, 15) is 14.5 Å². The molecule has 2 saturated heterocycles. The zero-order valence-electron chi connectivity index (χ0n) is 11.0. The van der Waals surface area contributed by atoms with Gasteiger partial charge in [-0.25, -0.2) is 0 Å². The highest BCUT2D eigenvalue weighted by atomic mass is 19.1. The summed E-state index contributed by atoms with van der Waals surface area (Å²) in [6.07, 6.45) is 3.98. The zero-order valence-corrected chi connectivity index (χ0v) is 11.0. The largest absolute Gasteiger partial charge is 0.374 e. The Bertz CT molecular complexity index is 551. The first kappa shape index (κ1) is 13.5. The van der Waals surface area contributed by atoms with E-state index in [-0.39, 0.29) is 17.6 Å². The summed E-state index contributed by atoms with van der Waals surface area (Å²) in [5.41, 5.74) is 6.05. The van der Waals surface area contributed by atoms with Crippen LogP contribution in [-0.4, -0.2) is 23.7 Å². The van der Waals surface area contributed by atoms with Crippen LogP contribution in [0.25, 0.3) is 0 Å². The molecule has 0 aliphatic carbocycles. The van der Waals surface area contributed by atoms with Gasteiger partial charge in [0.05, 0.1) is 17.1 Å². The van der Waals surface area contributed by atoms with Crippen LogP contribution < -0.4 is 5.73 Å². The van der Waals surface area contributed by atoms with Gasteiger partial charge in [0.25, 0.3) is 0 Å². The summed E-state index contributed by atoms with van der Waals surface area (Å²) in [7, 11) is 0. The van der Waals surface area contributed by atoms with Crippen LogP contribution in [0.2, 0.25) is 0 Å². The van der Waals surface area contributed by atoms with E-state index >= 15 is 0 Å². The van der Waals surface area contributed by atoms with Gasteiger partial charge in [-0.15, -0.1) is 0 Å². The van der Waals surface area contributed by atoms with Gasteiger partial charge in [-0.1, -0.05) is 6.07 Å². The smallest absolute Gasteiger partial charge is 0.304 e. The second-order valence-electron chi connectivity index (χ2n) is 5.81. The number of fused-ring (bicyclic) bond motifs is 2. The van der Waals surface area contributed by atoms with E-state index in [1.54, 1.807) is 6.07 Å². The molecular formula is C14H17FN2O3. The number of rotatable bonds is 4. The molecule has 3 rings (SSSR count). The first-order valence-electron chi connectivity index (χ1n) is 6.82. The highest BCUT2D eigenvalue weighted by Gasteiger charge is 2.51. The van der Waals surface area contributed by atoms with Crippen LogP contribution in [0, 0.1) is 21.3 Å². The van der Waals surface area contributed by atoms with Gasteiger partial charge in [-0.05, 0) is 37.3 Å². The number of nitrogens with two attached hydrogens (primary N) is 1. The predicted octanol–water partition coefficient (Wildman–Crippen LogP) is 2.17. The molecule has 108 valence electrons. The Morgan fingerprint density at radius 2 is 2.30 bits per heavy atom. The third-order valence-electron chi connectivity index (χ3n) is 4.60. The molecule has 5 nitrogen and oxygen atoms in total. The molecule has 0 radical (unpaired) electrons. The molecule has 1 aromatic carbocycles. The van der Waals surface area contributed by atoms with Gasteiger partial charge in [0.15, 0.2) is 0 Å². The van der Waals surface area contributed by atoms with Crippen molar-refractivity contribution in [3.05, 3.63) is 39.7 Å². The highest BCUT2D eigenvalue weighted by Crippen LogP contribution is 2.49. The Morgan fingerprint density at radius 1 is 1.50 bits per heavy atom. The van der Waals surface area contributed by atoms with Gasteiger partial charge in [0, 0.05) is 18.0 Å². The van der Waals surface area contributed by atoms with E-state index in [0.717, 1.165) is 24.8 Å². The predicted molar refractivity (Wildman–Crippen MR) is 70.8 cm³/mol. The number of nitro benzene ring substituents is 1. The van der Waals surface area contributed by atoms with Crippen LogP contribution in [-0.2, 0) is 11.2 Å². The molecule has 3 unspecified atom stereocenters. The van der Waals surface area contributed by atoms with Gasteiger partial charge in [0.2, 0.25) is 5.82 Å². The SMILES string of the molecule is NCC1(Cc2ccc([N+](=O)[O-])c(F)c2)CC2CCC1O2. The van der Waals surface area contributed by atoms with E-state index in [1.165, 1.54) is 12.1 Å². The highest BCUT2D eigenvalue weighted by molar-refractivity contribution is 5.35. The standard InChI is InChI=1S/C14H17FN2O3/c15-11-5-9(1-3-12(11)17(18)19)6-14(8-16)7-10-2-4-13(14)20-10/h1,3,5,10,13H,2,4,6-8,16H2. The Balaban J connectivity index is 1.84. The molecule has 20 heavy (non-hydrogen) atoms. The molecule has 2 aliphatic rings. The van der Waals surface area contributed by atoms with Crippen molar-refractivity contribution in [2.24, 2.45) is 11.1 Å². The van der Waals surface area contributed by atoms with Gasteiger partial charge >= 0.3 is 5.69 Å². The number of nitrogens with zero attached hydrogens (tertiary/aromatic N) is 1. The van der Waals surface area contributed by atoms with Crippen molar-refractivity contribution in [1.82, 2.24) is 0 Å². The molecule has 0 saturated carbocycles. The Morgan fingerprint density at radius 3 is 2.80 bits per heavy atom. The van der Waals surface area contributed by atoms with Gasteiger partial charge in [0.1, 0.15) is 0 Å². The molecular weight excluding hydrogens is 263 g/mol. The second-order valence-corrected chi connectivity index (χ2v) is 5.81. The summed E-state index contributed by atoms with van der Waals surface area (Å²) in [5.74, 6) is -0.788. The molecule has 0 amide bonds. The number of ether oxygens (including phenoxy) is 1. The molecule has 2 bridgehead atoms. The third kappa shape index (κ3) is 2.09. The molecule has 0 aromatic heterocycles. The lowest BCUT2D eigenvalue weighted by molar-refractivity contribution is -0.387. The number of hydrogen-bond donors (Lipinski definition) is 1. The molecule has 2 N–H and O–H groups in total. The molecule has 2 heterocycles. The Labute approximate surface area is 116 Å². The first-order valence-corrected chi connectivity index (χ1v) is 6.82. The second kappa shape index (κ2) is 4.79. The topological polar surface area (TPSA) is 78.4 Å². The molecule has 2 aliphatic heterocycles. The lowest BCUT2D eigenvalue weighted by atomic mass is 9.70. The fourth-order valence-electron chi connectivity index (χ4n) is 3.58. The maximum absolute atomic E-state index is 13.7. The lowest BCUT2D eigenvalue weighted by Gasteiger charge is -2.34. The monoisotopic (exact) mass is 280 g/mol. The summed E-state index contributed by atoms with van der Waals surface area (Å²) in [6.45, 7) is 0.493. The molecule has 0 spiro atoms. The van der Waals surface area contributed by atoms with Crippen molar-refractivity contribution < 1.29 is 14.1 Å². The minimum atomic E-state index is -0.788. The average molecular weight is 280 g/mol. The third-order valence-corrected chi connectivity index (χ3v) is 4.60. The first-order chi connectivity index (χ1) is 9.54. The summed E-state index contributed by atoms with van der Waals surface area (Å²) in [5, 5.41) is 10.6. The van der Waals surface area contributed by atoms with E-state index in [1.807, 2.05) is 0 Å². The molecule has 2 fully saturated rings. The van der Waals surface area contributed by atoms with E-state index in [2.05, 4.69) is 0 Å². The van der Waals surface area contributed by atoms with Crippen molar-refractivity contribution in [2.75, 3.05) is 6.54 Å². The Kier molecular flexibility index (Phi) is 3.22. The van der Waals surface area contributed by atoms with Crippen LogP contribution >= 0.6 is 0 Å². The quantitative estimate of drug-likeness (QED) is 0.677. The van der Waals surface area contributed by atoms with Crippen molar-refractivity contribution in [2.45, 2.75) is 37.9 Å². The van der Waals surface area contributed by atoms with E-state index < -0.39 is 16.4 Å². The number of nitro groups is 1. The van der Waals surface area contributed by atoms with Gasteiger partial charge in [-0.2, -0.15) is 4.39 Å². The summed E-state index contributed by atoms with van der Waals surface area (Å²) < 4.78 is 19.5. The lowest BCUT2D eigenvalue weighted by Crippen LogP contribution is -2.41. The fraction of sp³-hybridized carbons (Fsp3) is 0.571. The van der Waals surface area contributed by atoms with Gasteiger partial charge in [-0.3, -0.25) is 10.1 Å².